The third-order valence-corrected chi connectivity index (χ3v) is 3.63. The molecule has 0 fully saturated rings. The molecule has 19 heavy (non-hydrogen) atoms. The molecule has 0 saturated heterocycles. The van der Waals surface area contributed by atoms with Crippen LogP contribution in [0.1, 0.15) is 16.7 Å². The van der Waals surface area contributed by atoms with Crippen molar-refractivity contribution < 1.29 is 8.78 Å². The van der Waals surface area contributed by atoms with E-state index < -0.39 is 11.6 Å². The molecule has 0 aromatic heterocycles. The Labute approximate surface area is 119 Å². The molecule has 0 atom stereocenters. The van der Waals surface area contributed by atoms with Crippen molar-refractivity contribution in [2.24, 2.45) is 0 Å². The third-order valence-electron chi connectivity index (χ3n) is 3.02. The lowest BCUT2D eigenvalue weighted by atomic mass is 10.1. The van der Waals surface area contributed by atoms with Gasteiger partial charge >= 0.3 is 0 Å². The molecule has 2 rings (SSSR count). The number of rotatable bonds is 4. The smallest absolute Gasteiger partial charge is 0.144 e. The fourth-order valence-corrected chi connectivity index (χ4v) is 2.23. The summed E-state index contributed by atoms with van der Waals surface area (Å²) in [5.41, 5.74) is 2.34. The molecule has 0 aliphatic rings. The molecule has 2 aromatic rings. The standard InChI is InChI=1S/C15H14BrF2N/c1-10-4-2-3-5-11(10)8-19-9-12-14(17)7-6-13(16)15(12)18/h2-7,19H,8-9H2,1H3. The van der Waals surface area contributed by atoms with Crippen LogP contribution in [0, 0.1) is 18.6 Å². The van der Waals surface area contributed by atoms with Crippen LogP contribution in [0.2, 0.25) is 0 Å². The van der Waals surface area contributed by atoms with Crippen LogP contribution in [0.5, 0.6) is 0 Å². The predicted octanol–water partition coefficient (Wildman–Crippen LogP) is 4.33. The fourth-order valence-electron chi connectivity index (χ4n) is 1.86. The van der Waals surface area contributed by atoms with E-state index in [0.29, 0.717) is 6.54 Å². The molecule has 0 unspecified atom stereocenters. The van der Waals surface area contributed by atoms with Crippen molar-refractivity contribution in [3.05, 3.63) is 69.2 Å². The minimum Gasteiger partial charge on any atom is -0.308 e. The van der Waals surface area contributed by atoms with Gasteiger partial charge in [-0.2, -0.15) is 0 Å². The van der Waals surface area contributed by atoms with E-state index in [2.05, 4.69) is 21.2 Å². The first-order valence-corrected chi connectivity index (χ1v) is 6.76. The van der Waals surface area contributed by atoms with Gasteiger partial charge in [-0.25, -0.2) is 8.78 Å². The predicted molar refractivity (Wildman–Crippen MR) is 75.8 cm³/mol. The molecule has 0 amide bonds. The Hall–Kier alpha value is -1.26. The van der Waals surface area contributed by atoms with Gasteiger partial charge in [0.1, 0.15) is 11.6 Å². The second-order valence-corrected chi connectivity index (χ2v) is 5.21. The molecule has 0 radical (unpaired) electrons. The normalized spacial score (nSPS) is 10.7. The maximum Gasteiger partial charge on any atom is 0.144 e. The van der Waals surface area contributed by atoms with Crippen molar-refractivity contribution in [1.29, 1.82) is 0 Å². The minimum atomic E-state index is -0.544. The second kappa shape index (κ2) is 6.26. The highest BCUT2D eigenvalue weighted by molar-refractivity contribution is 9.10. The summed E-state index contributed by atoms with van der Waals surface area (Å²) in [5.74, 6) is -1.07. The van der Waals surface area contributed by atoms with Gasteiger partial charge in [-0.15, -0.1) is 0 Å². The highest BCUT2D eigenvalue weighted by Crippen LogP contribution is 2.21. The number of nitrogens with one attached hydrogen (secondary N) is 1. The molecule has 0 heterocycles. The highest BCUT2D eigenvalue weighted by Gasteiger charge is 2.11. The van der Waals surface area contributed by atoms with E-state index in [1.165, 1.54) is 12.1 Å². The average Bonchev–Trinajstić information content (AvgIpc) is 2.40. The number of hydrogen-bond donors (Lipinski definition) is 1. The van der Waals surface area contributed by atoms with Crippen LogP contribution in [0.4, 0.5) is 8.78 Å². The topological polar surface area (TPSA) is 12.0 Å². The van der Waals surface area contributed by atoms with Gasteiger partial charge in [0.2, 0.25) is 0 Å². The zero-order chi connectivity index (χ0) is 13.8. The van der Waals surface area contributed by atoms with E-state index in [1.54, 1.807) is 0 Å². The number of aryl methyl sites for hydroxylation is 1. The summed E-state index contributed by atoms with van der Waals surface area (Å²) in [6.45, 7) is 2.75. The SMILES string of the molecule is Cc1ccccc1CNCc1c(F)ccc(Br)c1F. The monoisotopic (exact) mass is 325 g/mol. The molecular formula is C15H14BrF2N. The Morgan fingerprint density at radius 2 is 1.79 bits per heavy atom. The van der Waals surface area contributed by atoms with Crippen molar-refractivity contribution >= 4 is 15.9 Å². The van der Waals surface area contributed by atoms with Crippen molar-refractivity contribution in [3.63, 3.8) is 0 Å². The van der Waals surface area contributed by atoms with Gasteiger partial charge in [0.05, 0.1) is 4.47 Å². The van der Waals surface area contributed by atoms with E-state index in [1.807, 2.05) is 31.2 Å². The van der Waals surface area contributed by atoms with Crippen molar-refractivity contribution in [1.82, 2.24) is 5.32 Å². The summed E-state index contributed by atoms with van der Waals surface area (Å²) >= 11 is 3.06. The van der Waals surface area contributed by atoms with Crippen LogP contribution in [0.25, 0.3) is 0 Å². The van der Waals surface area contributed by atoms with Crippen molar-refractivity contribution in [2.75, 3.05) is 0 Å². The Morgan fingerprint density at radius 3 is 2.53 bits per heavy atom. The van der Waals surface area contributed by atoms with E-state index in [4.69, 9.17) is 0 Å². The molecule has 4 heteroatoms. The summed E-state index contributed by atoms with van der Waals surface area (Å²) < 4.78 is 27.6. The molecule has 0 aliphatic carbocycles. The lowest BCUT2D eigenvalue weighted by Gasteiger charge is -2.10. The van der Waals surface area contributed by atoms with Crippen molar-refractivity contribution in [2.45, 2.75) is 20.0 Å². The Bertz CT molecular complexity index is 584. The second-order valence-electron chi connectivity index (χ2n) is 4.35. The van der Waals surface area contributed by atoms with E-state index in [0.717, 1.165) is 11.1 Å². The molecule has 0 aliphatic heterocycles. The fraction of sp³-hybridized carbons (Fsp3) is 0.200. The number of benzene rings is 2. The molecule has 0 bridgehead atoms. The molecule has 1 nitrogen and oxygen atoms in total. The zero-order valence-corrected chi connectivity index (χ0v) is 12.1. The van der Waals surface area contributed by atoms with Gasteiger partial charge in [0, 0.05) is 18.7 Å². The van der Waals surface area contributed by atoms with Gasteiger partial charge < -0.3 is 5.32 Å². The van der Waals surface area contributed by atoms with E-state index >= 15 is 0 Å². The number of halogens is 3. The lowest BCUT2D eigenvalue weighted by Crippen LogP contribution is -2.15. The van der Waals surface area contributed by atoms with Gasteiger partial charge in [-0.1, -0.05) is 24.3 Å². The Kier molecular flexibility index (Phi) is 4.66. The summed E-state index contributed by atoms with van der Waals surface area (Å²) in [4.78, 5) is 0. The van der Waals surface area contributed by atoms with Gasteiger partial charge in [-0.05, 0) is 46.1 Å². The molecule has 2 aromatic carbocycles. The average molecular weight is 326 g/mol. The van der Waals surface area contributed by atoms with Gasteiger partial charge in [0.25, 0.3) is 0 Å². The third kappa shape index (κ3) is 3.39. The van der Waals surface area contributed by atoms with Crippen molar-refractivity contribution in [3.8, 4) is 0 Å². The van der Waals surface area contributed by atoms with Crippen LogP contribution < -0.4 is 5.32 Å². The maximum absolute atomic E-state index is 13.7. The first-order chi connectivity index (χ1) is 9.09. The first-order valence-electron chi connectivity index (χ1n) is 5.97. The molecule has 0 spiro atoms. The summed E-state index contributed by atoms with van der Waals surface area (Å²) in [6.07, 6.45) is 0. The summed E-state index contributed by atoms with van der Waals surface area (Å²) in [7, 11) is 0. The maximum atomic E-state index is 13.7. The molecule has 0 saturated carbocycles. The summed E-state index contributed by atoms with van der Waals surface area (Å²) in [5, 5.41) is 3.07. The quantitative estimate of drug-likeness (QED) is 0.825. The van der Waals surface area contributed by atoms with Crippen LogP contribution in [-0.2, 0) is 13.1 Å². The lowest BCUT2D eigenvalue weighted by molar-refractivity contribution is 0.531. The molecule has 100 valence electrons. The van der Waals surface area contributed by atoms with E-state index in [9.17, 15) is 8.78 Å². The van der Waals surface area contributed by atoms with Crippen LogP contribution in [-0.4, -0.2) is 0 Å². The van der Waals surface area contributed by atoms with Crippen LogP contribution in [0.15, 0.2) is 40.9 Å². The summed E-state index contributed by atoms with van der Waals surface area (Å²) in [6, 6.07) is 10.6. The van der Waals surface area contributed by atoms with Crippen LogP contribution in [0.3, 0.4) is 0 Å². The highest BCUT2D eigenvalue weighted by atomic mass is 79.9. The molecule has 1 N–H and O–H groups in total. The zero-order valence-electron chi connectivity index (χ0n) is 10.5. The van der Waals surface area contributed by atoms with E-state index in [-0.39, 0.29) is 16.6 Å². The minimum absolute atomic E-state index is 0.0583. The van der Waals surface area contributed by atoms with Gasteiger partial charge in [-0.3, -0.25) is 0 Å². The molecular weight excluding hydrogens is 312 g/mol. The Morgan fingerprint density at radius 1 is 1.05 bits per heavy atom. The number of hydrogen-bond acceptors (Lipinski definition) is 1. The Balaban J connectivity index is 2.04. The van der Waals surface area contributed by atoms with Gasteiger partial charge in [0.15, 0.2) is 0 Å². The first kappa shape index (κ1) is 14.2. The van der Waals surface area contributed by atoms with Crippen LogP contribution >= 0.6 is 15.9 Å². The largest absolute Gasteiger partial charge is 0.308 e.